The molecule has 1 aromatic rings. The molecule has 0 N–H and O–H groups in total. The summed E-state index contributed by atoms with van der Waals surface area (Å²) in [6.45, 7) is 7.38. The Morgan fingerprint density at radius 1 is 1.15 bits per heavy atom. The Balaban J connectivity index is 1.60. The zero-order chi connectivity index (χ0) is 18.7. The maximum absolute atomic E-state index is 12.8. The smallest absolute Gasteiger partial charge is 0.337 e. The van der Waals surface area contributed by atoms with E-state index in [4.69, 9.17) is 9.47 Å². The van der Waals surface area contributed by atoms with Gasteiger partial charge < -0.3 is 14.4 Å². The van der Waals surface area contributed by atoms with Crippen molar-refractivity contribution in [1.82, 2.24) is 9.80 Å². The molecular weight excluding hydrogens is 332 g/mol. The molecule has 26 heavy (non-hydrogen) atoms. The van der Waals surface area contributed by atoms with Gasteiger partial charge in [0.1, 0.15) is 6.10 Å². The molecule has 0 aromatic heterocycles. The van der Waals surface area contributed by atoms with Gasteiger partial charge in [0, 0.05) is 38.3 Å². The van der Waals surface area contributed by atoms with Crippen molar-refractivity contribution < 1.29 is 19.1 Å². The molecule has 0 radical (unpaired) electrons. The van der Waals surface area contributed by atoms with Crippen LogP contribution < -0.4 is 0 Å². The van der Waals surface area contributed by atoms with Crippen LogP contribution in [-0.2, 0) is 20.8 Å². The zero-order valence-corrected chi connectivity index (χ0v) is 15.8. The van der Waals surface area contributed by atoms with Gasteiger partial charge in [0.25, 0.3) is 5.91 Å². The summed E-state index contributed by atoms with van der Waals surface area (Å²) in [5.74, 6) is -0.176. The van der Waals surface area contributed by atoms with Crippen molar-refractivity contribution in [2.24, 2.45) is 0 Å². The Hall–Kier alpha value is -1.92. The first-order valence-electron chi connectivity index (χ1n) is 9.33. The van der Waals surface area contributed by atoms with Crippen LogP contribution in [0.1, 0.15) is 42.6 Å². The van der Waals surface area contributed by atoms with Gasteiger partial charge in [-0.05, 0) is 44.4 Å². The molecule has 2 saturated heterocycles. The Morgan fingerprint density at radius 3 is 2.35 bits per heavy atom. The number of rotatable bonds is 4. The van der Waals surface area contributed by atoms with Gasteiger partial charge in [0.15, 0.2) is 0 Å². The highest BCUT2D eigenvalue weighted by Crippen LogP contribution is 2.23. The number of hydrogen-bond donors (Lipinski definition) is 0. The molecule has 6 nitrogen and oxygen atoms in total. The van der Waals surface area contributed by atoms with Crippen molar-refractivity contribution in [3.63, 3.8) is 0 Å². The largest absolute Gasteiger partial charge is 0.465 e. The summed E-state index contributed by atoms with van der Waals surface area (Å²) < 4.78 is 10.3. The second-order valence-electron chi connectivity index (χ2n) is 7.33. The van der Waals surface area contributed by atoms with Gasteiger partial charge in [-0.2, -0.15) is 0 Å². The van der Waals surface area contributed by atoms with Gasteiger partial charge in [-0.25, -0.2) is 4.79 Å². The molecule has 3 rings (SSSR count). The van der Waals surface area contributed by atoms with Crippen molar-refractivity contribution >= 4 is 11.9 Å². The van der Waals surface area contributed by atoms with E-state index in [-0.39, 0.29) is 30.1 Å². The summed E-state index contributed by atoms with van der Waals surface area (Å²) in [7, 11) is 1.39. The van der Waals surface area contributed by atoms with Crippen LogP contribution in [0.25, 0.3) is 0 Å². The van der Waals surface area contributed by atoms with Gasteiger partial charge in [0.05, 0.1) is 12.7 Å². The lowest BCUT2D eigenvalue weighted by Gasteiger charge is -2.45. The third kappa shape index (κ3) is 4.07. The summed E-state index contributed by atoms with van der Waals surface area (Å²) >= 11 is 0. The number of benzene rings is 1. The zero-order valence-electron chi connectivity index (χ0n) is 15.8. The lowest BCUT2D eigenvalue weighted by atomic mass is 10.0. The molecule has 0 spiro atoms. The Morgan fingerprint density at radius 2 is 1.81 bits per heavy atom. The third-order valence-corrected chi connectivity index (χ3v) is 5.24. The summed E-state index contributed by atoms with van der Waals surface area (Å²) in [4.78, 5) is 28.7. The van der Waals surface area contributed by atoms with Crippen molar-refractivity contribution in [3.05, 3.63) is 35.4 Å². The molecule has 2 aliphatic rings. The first-order valence-corrected chi connectivity index (χ1v) is 9.33. The molecule has 0 aliphatic carbocycles. The minimum absolute atomic E-state index is 0.143. The summed E-state index contributed by atoms with van der Waals surface area (Å²) in [6.07, 6.45) is 1.56. The standard InChI is InChI=1S/C20H28N2O4/c1-14-11-21(13-16-6-8-17(9-7-16)20(24)25-3)12-15(2)22(14)19(23)18-5-4-10-26-18/h6-9,14-15,18H,4-5,10-13H2,1-3H3/t14-,15+,18?. The van der Waals surface area contributed by atoms with Crippen LogP contribution in [0.3, 0.4) is 0 Å². The van der Waals surface area contributed by atoms with Crippen molar-refractivity contribution in [1.29, 1.82) is 0 Å². The van der Waals surface area contributed by atoms with Gasteiger partial charge in [-0.15, -0.1) is 0 Å². The third-order valence-electron chi connectivity index (χ3n) is 5.24. The van der Waals surface area contributed by atoms with Crippen LogP contribution in [0.5, 0.6) is 0 Å². The lowest BCUT2D eigenvalue weighted by molar-refractivity contribution is -0.149. The molecule has 3 atom stereocenters. The summed E-state index contributed by atoms with van der Waals surface area (Å²) in [5, 5.41) is 0. The predicted molar refractivity (Wildman–Crippen MR) is 97.8 cm³/mol. The van der Waals surface area contributed by atoms with E-state index < -0.39 is 0 Å². The van der Waals surface area contributed by atoms with Crippen LogP contribution in [0.2, 0.25) is 0 Å². The molecule has 0 saturated carbocycles. The van der Waals surface area contributed by atoms with Crippen LogP contribution >= 0.6 is 0 Å². The highest BCUT2D eigenvalue weighted by molar-refractivity contribution is 5.89. The van der Waals surface area contributed by atoms with Crippen molar-refractivity contribution in [2.45, 2.75) is 51.4 Å². The predicted octanol–water partition coefficient (Wildman–Crippen LogP) is 2.07. The molecule has 2 fully saturated rings. The van der Waals surface area contributed by atoms with Crippen LogP contribution in [0.4, 0.5) is 0 Å². The van der Waals surface area contributed by atoms with Gasteiger partial charge >= 0.3 is 5.97 Å². The van der Waals surface area contributed by atoms with E-state index in [2.05, 4.69) is 18.7 Å². The number of amides is 1. The fourth-order valence-electron chi connectivity index (χ4n) is 4.06. The van der Waals surface area contributed by atoms with Gasteiger partial charge in [-0.3, -0.25) is 9.69 Å². The maximum Gasteiger partial charge on any atom is 0.337 e. The normalized spacial score (nSPS) is 26.7. The molecule has 2 aliphatic heterocycles. The number of carbonyl (C=O) groups excluding carboxylic acids is 2. The fourth-order valence-corrected chi connectivity index (χ4v) is 4.06. The van der Waals surface area contributed by atoms with Crippen LogP contribution in [0, 0.1) is 0 Å². The molecule has 6 heteroatoms. The highest BCUT2D eigenvalue weighted by atomic mass is 16.5. The average molecular weight is 360 g/mol. The van der Waals surface area contributed by atoms with Crippen LogP contribution in [-0.4, -0.2) is 66.7 Å². The lowest BCUT2D eigenvalue weighted by Crippen LogP contribution is -2.60. The van der Waals surface area contributed by atoms with E-state index >= 15 is 0 Å². The fraction of sp³-hybridized carbons (Fsp3) is 0.600. The number of hydrogen-bond acceptors (Lipinski definition) is 5. The maximum atomic E-state index is 12.8. The van der Waals surface area contributed by atoms with E-state index in [9.17, 15) is 9.59 Å². The molecule has 2 heterocycles. The summed E-state index contributed by atoms with van der Waals surface area (Å²) in [6, 6.07) is 7.84. The minimum Gasteiger partial charge on any atom is -0.465 e. The van der Waals surface area contributed by atoms with Gasteiger partial charge in [-0.1, -0.05) is 12.1 Å². The first-order chi connectivity index (χ1) is 12.5. The average Bonchev–Trinajstić information content (AvgIpc) is 3.15. The first kappa shape index (κ1) is 18.9. The number of nitrogens with zero attached hydrogens (tertiary/aromatic N) is 2. The second-order valence-corrected chi connectivity index (χ2v) is 7.33. The topological polar surface area (TPSA) is 59.1 Å². The number of ether oxygens (including phenoxy) is 2. The number of methoxy groups -OCH3 is 1. The Bertz CT molecular complexity index is 628. The van der Waals surface area contributed by atoms with Crippen molar-refractivity contribution in [3.8, 4) is 0 Å². The highest BCUT2D eigenvalue weighted by Gasteiger charge is 2.37. The molecule has 0 bridgehead atoms. The molecule has 142 valence electrons. The number of esters is 1. The van der Waals surface area contributed by atoms with E-state index in [1.807, 2.05) is 17.0 Å². The number of piperazine rings is 1. The SMILES string of the molecule is COC(=O)c1ccc(CN2C[C@@H](C)N(C(=O)C3CCCO3)[C@@H](C)C2)cc1. The van der Waals surface area contributed by atoms with E-state index in [1.165, 1.54) is 7.11 Å². The number of carbonyl (C=O) groups is 2. The molecule has 1 unspecified atom stereocenters. The van der Waals surface area contributed by atoms with Crippen molar-refractivity contribution in [2.75, 3.05) is 26.8 Å². The van der Waals surface area contributed by atoms with E-state index in [0.717, 1.165) is 38.0 Å². The monoisotopic (exact) mass is 360 g/mol. The molecule has 1 aromatic carbocycles. The van der Waals surface area contributed by atoms with Crippen LogP contribution in [0.15, 0.2) is 24.3 Å². The van der Waals surface area contributed by atoms with Gasteiger partial charge in [0.2, 0.25) is 0 Å². The quantitative estimate of drug-likeness (QED) is 0.770. The minimum atomic E-state index is -0.319. The Kier molecular flexibility index (Phi) is 5.94. The molecule has 1 amide bonds. The van der Waals surface area contributed by atoms with E-state index in [0.29, 0.717) is 12.2 Å². The summed E-state index contributed by atoms with van der Waals surface area (Å²) in [5.41, 5.74) is 1.71. The van der Waals surface area contributed by atoms with E-state index in [1.54, 1.807) is 12.1 Å². The second kappa shape index (κ2) is 8.18. The molecular formula is C20H28N2O4. The Labute approximate surface area is 155 Å².